The molecule has 3 aromatic rings. The maximum Gasteiger partial charge on any atom is 0.328 e. The molecule has 2 aliphatic carbocycles. The molecule has 26 heteroatoms. The summed E-state index contributed by atoms with van der Waals surface area (Å²) in [5, 5.41) is 13.9. The molecule has 6 rings (SSSR count). The average molecular weight is 1020 g/mol. The monoisotopic (exact) mass is 1020 g/mol. The molecule has 3 aliphatic rings. The van der Waals surface area contributed by atoms with E-state index in [-0.39, 0.29) is 31.6 Å². The lowest BCUT2D eigenvalue weighted by Crippen LogP contribution is -2.33. The van der Waals surface area contributed by atoms with E-state index in [0.29, 0.717) is 27.5 Å². The SMILES string of the molecule is CCN(CC)c1ccc2c(c1)P(=O)(O)C1=CC(=[N+](CC)CC)C=CC1=C2c1ccc(OCC(=O)NC/C=C/c2cn([C@H]3CC(O)[C@@H](COP(=O)([O-])OP(=O)([O-])OP(=O)([O-])O)C3)c(=O)[nH]c2=O)cc1. The van der Waals surface area contributed by atoms with Crippen LogP contribution in [0.3, 0.4) is 0 Å². The van der Waals surface area contributed by atoms with Crippen molar-refractivity contribution in [3.8, 4) is 5.75 Å². The van der Waals surface area contributed by atoms with Gasteiger partial charge in [0.2, 0.25) is 5.71 Å². The number of hydrogen-bond acceptors (Lipinski definition) is 16. The average Bonchev–Trinajstić information content (AvgIpc) is 3.64. The third kappa shape index (κ3) is 12.6. The number of rotatable bonds is 20. The van der Waals surface area contributed by atoms with Crippen molar-refractivity contribution < 1.29 is 75.1 Å². The van der Waals surface area contributed by atoms with Gasteiger partial charge < -0.3 is 49.1 Å². The molecule has 0 saturated heterocycles. The van der Waals surface area contributed by atoms with E-state index in [2.05, 4.69) is 32.9 Å². The fourth-order valence-corrected chi connectivity index (χ4v) is 13.1. The topological polar surface area (TPSA) is 325 Å². The molecular weight excluding hydrogens is 970 g/mol. The first kappa shape index (κ1) is 52.7. The number of aromatic nitrogens is 2. The fraction of sp³-hybridized carbons (Fsp3) is 0.381. The molecule has 1 aromatic heterocycles. The Morgan fingerprint density at radius 3 is 2.34 bits per heavy atom. The molecule has 0 spiro atoms. The molecule has 7 atom stereocenters. The minimum atomic E-state index is -6.12. The highest BCUT2D eigenvalue weighted by molar-refractivity contribution is 7.71. The minimum absolute atomic E-state index is 0.0101. The number of aliphatic hydroxyl groups excluding tert-OH is 1. The third-order valence-corrected chi connectivity index (χ3v) is 17.2. The highest BCUT2D eigenvalue weighted by Gasteiger charge is 2.41. The van der Waals surface area contributed by atoms with Crippen LogP contribution < -0.4 is 46.2 Å². The van der Waals surface area contributed by atoms with Crippen LogP contribution in [0.4, 0.5) is 5.69 Å². The van der Waals surface area contributed by atoms with Gasteiger partial charge in [0.1, 0.15) is 18.8 Å². The van der Waals surface area contributed by atoms with E-state index in [4.69, 9.17) is 9.63 Å². The van der Waals surface area contributed by atoms with Crippen LogP contribution in [-0.4, -0.2) is 92.7 Å². The first-order valence-electron chi connectivity index (χ1n) is 21.4. The zero-order chi connectivity index (χ0) is 49.8. The maximum atomic E-state index is 14.5. The molecule has 1 saturated carbocycles. The summed E-state index contributed by atoms with van der Waals surface area (Å²) in [5.74, 6) is -1.13. The van der Waals surface area contributed by atoms with Crippen LogP contribution in [0, 0.1) is 5.92 Å². The van der Waals surface area contributed by atoms with E-state index in [1.54, 1.807) is 12.1 Å². The predicted octanol–water partition coefficient (Wildman–Crippen LogP) is 2.01. The largest absolute Gasteiger partial charge is 0.756 e. The van der Waals surface area contributed by atoms with Crippen molar-refractivity contribution in [2.75, 3.05) is 50.8 Å². The zero-order valence-corrected chi connectivity index (χ0v) is 40.9. The molecule has 1 aliphatic heterocycles. The number of carbonyl (C=O) groups excluding carboxylic acids is 1. The van der Waals surface area contributed by atoms with Gasteiger partial charge in [0.25, 0.3) is 42.3 Å². The summed E-state index contributed by atoms with van der Waals surface area (Å²) in [6, 6.07) is 11.9. The number of allylic oxidation sites excluding steroid dienone is 5. The summed E-state index contributed by atoms with van der Waals surface area (Å²) in [7, 11) is -21.9. The number of nitrogens with one attached hydrogen (secondary N) is 2. The Bertz CT molecular complexity index is 2890. The van der Waals surface area contributed by atoms with E-state index < -0.39 is 72.7 Å². The minimum Gasteiger partial charge on any atom is -0.756 e. The van der Waals surface area contributed by atoms with Gasteiger partial charge in [-0.25, -0.2) is 18.0 Å². The number of phosphoric acid groups is 3. The van der Waals surface area contributed by atoms with Gasteiger partial charge in [-0.05, 0) is 93.2 Å². The van der Waals surface area contributed by atoms with Gasteiger partial charge in [0, 0.05) is 55.6 Å². The number of hydrogen-bond donors (Lipinski definition) is 5. The van der Waals surface area contributed by atoms with Gasteiger partial charge in [-0.15, -0.1) is 0 Å². The lowest BCUT2D eigenvalue weighted by Gasteiger charge is -2.33. The molecule has 1 amide bonds. The number of amides is 1. The predicted molar refractivity (Wildman–Crippen MR) is 245 cm³/mol. The van der Waals surface area contributed by atoms with Crippen molar-refractivity contribution in [2.24, 2.45) is 5.92 Å². The van der Waals surface area contributed by atoms with Gasteiger partial charge >= 0.3 is 5.69 Å². The van der Waals surface area contributed by atoms with E-state index in [0.717, 1.165) is 53.3 Å². The standard InChI is InChI=1S/C42H53N5O17P4/c1-5-45(6-2)30-13-17-34-37(22-30)65(52,53)38-23-31(46(7-3)8-4)14-18-35(38)40(34)27-11-15-33(16-12-27)61-26-39(49)43-19-9-10-28-24-47(42(51)44-41(28)50)32-20-29(36(48)21-32)25-62-67(57,58)64-68(59,60)63-66(54,55)56/h9-18,22-24,29,32,36,48H,5-8,19-21,25-26H2,1-4H3,(H6-,43,44,49,50,51,52,53,54,55,56,57,58,59,60)/p-2/b10-9+/t29-,32-,36?/m1/s1. The molecule has 5 N–H and O–H groups in total. The van der Waals surface area contributed by atoms with Crippen LogP contribution in [0.1, 0.15) is 63.3 Å². The van der Waals surface area contributed by atoms with Crippen molar-refractivity contribution in [3.05, 3.63) is 121 Å². The number of nitrogens with zero attached hydrogens (tertiary/aromatic N) is 3. The van der Waals surface area contributed by atoms with Gasteiger partial charge in [-0.2, -0.15) is 0 Å². The summed E-state index contributed by atoms with van der Waals surface area (Å²) in [4.78, 5) is 96.9. The van der Waals surface area contributed by atoms with Crippen LogP contribution in [-0.2, 0) is 36.2 Å². The first-order chi connectivity index (χ1) is 32.0. The van der Waals surface area contributed by atoms with E-state index in [1.165, 1.54) is 18.3 Å². The van der Waals surface area contributed by atoms with Crippen LogP contribution in [0.25, 0.3) is 11.6 Å². The lowest BCUT2D eigenvalue weighted by molar-refractivity contribution is -0.519. The molecule has 2 aromatic carbocycles. The van der Waals surface area contributed by atoms with Crippen LogP contribution >= 0.6 is 30.8 Å². The summed E-state index contributed by atoms with van der Waals surface area (Å²) in [5.41, 5.74) is 2.90. The maximum absolute atomic E-state index is 14.5. The Kier molecular flexibility index (Phi) is 16.7. The summed E-state index contributed by atoms with van der Waals surface area (Å²) >= 11 is 0. The second-order valence-electron chi connectivity index (χ2n) is 15.7. The fourth-order valence-electron chi connectivity index (χ4n) is 8.24. The Hall–Kier alpha value is -4.62. The Labute approximate surface area is 390 Å². The van der Waals surface area contributed by atoms with Gasteiger partial charge in [0.05, 0.1) is 28.9 Å². The lowest BCUT2D eigenvalue weighted by atomic mass is 9.89. The molecule has 0 bridgehead atoms. The number of H-pyrrole nitrogens is 1. The van der Waals surface area contributed by atoms with Crippen LogP contribution in [0.2, 0.25) is 0 Å². The van der Waals surface area contributed by atoms with Crippen LogP contribution in [0.15, 0.2) is 93.4 Å². The van der Waals surface area contributed by atoms with E-state index in [9.17, 15) is 57.3 Å². The third-order valence-electron chi connectivity index (χ3n) is 11.5. The highest BCUT2D eigenvalue weighted by atomic mass is 31.3. The molecule has 368 valence electrons. The van der Waals surface area contributed by atoms with Crippen molar-refractivity contribution in [1.29, 1.82) is 0 Å². The number of aromatic amines is 1. The zero-order valence-electron chi connectivity index (χ0n) is 37.3. The van der Waals surface area contributed by atoms with Crippen molar-refractivity contribution in [3.63, 3.8) is 0 Å². The second kappa shape index (κ2) is 21.6. The Balaban J connectivity index is 1.08. The number of carbonyl (C=O) groups is 1. The molecule has 22 nitrogen and oxygen atoms in total. The first-order valence-corrected chi connectivity index (χ1v) is 27.5. The van der Waals surface area contributed by atoms with E-state index >= 15 is 0 Å². The molecule has 1 fully saturated rings. The smallest absolute Gasteiger partial charge is 0.328 e. The van der Waals surface area contributed by atoms with Crippen molar-refractivity contribution >= 4 is 65.1 Å². The van der Waals surface area contributed by atoms with Crippen molar-refractivity contribution in [2.45, 2.75) is 52.7 Å². The Morgan fingerprint density at radius 2 is 1.69 bits per heavy atom. The number of ether oxygens (including phenoxy) is 1. The summed E-state index contributed by atoms with van der Waals surface area (Å²) in [6.45, 7) is 9.74. The number of anilines is 1. The molecular formula is C42H51N5O17P4-2. The van der Waals surface area contributed by atoms with Crippen LogP contribution in [0.5, 0.6) is 5.75 Å². The number of fused-ring (bicyclic) bond motifs is 2. The highest BCUT2D eigenvalue weighted by Crippen LogP contribution is 2.62. The summed E-state index contributed by atoms with van der Waals surface area (Å²) < 4.78 is 68.9. The van der Waals surface area contributed by atoms with Crippen molar-refractivity contribution in [1.82, 2.24) is 14.9 Å². The molecule has 5 unspecified atom stereocenters. The molecule has 2 heterocycles. The van der Waals surface area contributed by atoms with Gasteiger partial charge in [0.15, 0.2) is 6.61 Å². The quantitative estimate of drug-likeness (QED) is 0.0798. The van der Waals surface area contributed by atoms with Gasteiger partial charge in [-0.1, -0.05) is 30.4 Å². The number of aliphatic hydroxyl groups is 1. The second-order valence-corrected chi connectivity index (χ2v) is 22.1. The molecule has 68 heavy (non-hydrogen) atoms. The summed E-state index contributed by atoms with van der Waals surface area (Å²) in [6.07, 6.45) is 8.15. The van der Waals surface area contributed by atoms with E-state index in [1.807, 2.05) is 76.3 Å². The normalized spacial score (nSPS) is 22.7. The number of phosphoric ester groups is 1. The van der Waals surface area contributed by atoms with Gasteiger partial charge in [-0.3, -0.25) is 37.4 Å². The molecule has 0 radical (unpaired) electrons. The Morgan fingerprint density at radius 1 is 1.00 bits per heavy atom. The number of benzene rings is 2.